The van der Waals surface area contributed by atoms with Crippen LogP contribution in [0.2, 0.25) is 0 Å². The van der Waals surface area contributed by atoms with Crippen LogP contribution in [0.4, 0.5) is 0 Å². The number of aliphatic hydroxyl groups excluding tert-OH is 2. The minimum atomic E-state index is -0.955. The lowest BCUT2D eigenvalue weighted by molar-refractivity contribution is -0.0524. The van der Waals surface area contributed by atoms with E-state index in [1.54, 1.807) is 0 Å². The molecule has 1 atom stereocenters. The molecule has 0 heterocycles. The molecule has 3 aromatic carbocycles. The lowest BCUT2D eigenvalue weighted by Crippen LogP contribution is -2.36. The first-order valence-electron chi connectivity index (χ1n) is 11.0. The van der Waals surface area contributed by atoms with Crippen molar-refractivity contribution in [2.24, 2.45) is 0 Å². The van der Waals surface area contributed by atoms with Crippen LogP contribution in [0.25, 0.3) is 6.08 Å². The highest BCUT2D eigenvalue weighted by Gasteiger charge is 2.38. The smallest absolute Gasteiger partial charge is 0.143 e. The van der Waals surface area contributed by atoms with Gasteiger partial charge in [0.2, 0.25) is 0 Å². The molecule has 0 amide bonds. The summed E-state index contributed by atoms with van der Waals surface area (Å²) in [5, 5.41) is 19.5. The van der Waals surface area contributed by atoms with Crippen LogP contribution in [0.3, 0.4) is 0 Å². The Balaban J connectivity index is 2.14. The number of rotatable bonds is 11. The molecule has 31 heavy (non-hydrogen) atoms. The highest BCUT2D eigenvalue weighted by atomic mass is 16.5. The summed E-state index contributed by atoms with van der Waals surface area (Å²) in [4.78, 5) is 0. The zero-order valence-corrected chi connectivity index (χ0v) is 18.2. The van der Waals surface area contributed by atoms with Crippen molar-refractivity contribution in [1.29, 1.82) is 0 Å². The highest BCUT2D eigenvalue weighted by Crippen LogP contribution is 2.41. The van der Waals surface area contributed by atoms with E-state index in [-0.39, 0.29) is 13.2 Å². The van der Waals surface area contributed by atoms with Crippen LogP contribution in [-0.4, -0.2) is 29.5 Å². The van der Waals surface area contributed by atoms with Gasteiger partial charge in [0.15, 0.2) is 0 Å². The third-order valence-corrected chi connectivity index (χ3v) is 5.39. The number of hydrogen-bond donors (Lipinski definition) is 2. The van der Waals surface area contributed by atoms with E-state index in [1.807, 2.05) is 66.7 Å². The van der Waals surface area contributed by atoms with E-state index in [2.05, 4.69) is 37.3 Å². The monoisotopic (exact) mass is 416 g/mol. The number of unbranched alkanes of at least 4 members (excludes halogenated alkanes) is 2. The van der Waals surface area contributed by atoms with Crippen molar-refractivity contribution >= 4 is 6.08 Å². The molecule has 2 N–H and O–H groups in total. The van der Waals surface area contributed by atoms with Gasteiger partial charge in [-0.05, 0) is 34.7 Å². The molecule has 162 valence electrons. The normalized spacial score (nSPS) is 12.9. The Morgan fingerprint density at radius 1 is 0.871 bits per heavy atom. The molecule has 3 aromatic rings. The van der Waals surface area contributed by atoms with Gasteiger partial charge in [-0.2, -0.15) is 0 Å². The van der Waals surface area contributed by atoms with Crippen LogP contribution >= 0.6 is 0 Å². The van der Waals surface area contributed by atoms with Crippen molar-refractivity contribution < 1.29 is 14.9 Å². The second-order valence-corrected chi connectivity index (χ2v) is 7.73. The standard InChI is InChI=1S/C28H32O3/c1-2-3-4-7-13-23-14-12-19-26(20-23)28(31-22-27(30)21-29,24-15-8-5-9-16-24)25-17-10-6-11-18-25/h5-20,27,29-30H,2-4,21-22H2,1H3. The van der Waals surface area contributed by atoms with Crippen molar-refractivity contribution in [3.8, 4) is 0 Å². The topological polar surface area (TPSA) is 49.7 Å². The summed E-state index contributed by atoms with van der Waals surface area (Å²) >= 11 is 0. The molecule has 0 fully saturated rings. The van der Waals surface area contributed by atoms with Gasteiger partial charge in [0.25, 0.3) is 0 Å². The number of allylic oxidation sites excluding steroid dienone is 1. The van der Waals surface area contributed by atoms with E-state index in [9.17, 15) is 10.2 Å². The Kier molecular flexibility index (Phi) is 8.60. The van der Waals surface area contributed by atoms with Crippen LogP contribution in [0.15, 0.2) is 91.0 Å². The fourth-order valence-electron chi connectivity index (χ4n) is 3.77. The Hall–Kier alpha value is -2.72. The van der Waals surface area contributed by atoms with Crippen molar-refractivity contribution in [3.63, 3.8) is 0 Å². The van der Waals surface area contributed by atoms with Gasteiger partial charge < -0.3 is 14.9 Å². The predicted octanol–water partition coefficient (Wildman–Crippen LogP) is 5.55. The Labute approximate surface area is 185 Å². The molecule has 3 nitrogen and oxygen atoms in total. The van der Waals surface area contributed by atoms with Gasteiger partial charge in [-0.25, -0.2) is 0 Å². The molecule has 0 bridgehead atoms. The maximum atomic E-state index is 10.1. The van der Waals surface area contributed by atoms with E-state index < -0.39 is 11.7 Å². The first-order chi connectivity index (χ1) is 15.2. The lowest BCUT2D eigenvalue weighted by Gasteiger charge is -2.36. The van der Waals surface area contributed by atoms with Gasteiger partial charge in [0.05, 0.1) is 13.2 Å². The van der Waals surface area contributed by atoms with Gasteiger partial charge in [0.1, 0.15) is 11.7 Å². The average Bonchev–Trinajstić information content (AvgIpc) is 2.84. The van der Waals surface area contributed by atoms with Crippen LogP contribution in [-0.2, 0) is 10.3 Å². The van der Waals surface area contributed by atoms with Crippen LogP contribution in [0.5, 0.6) is 0 Å². The van der Waals surface area contributed by atoms with Crippen LogP contribution in [0.1, 0.15) is 48.4 Å². The summed E-state index contributed by atoms with van der Waals surface area (Å²) in [7, 11) is 0. The summed E-state index contributed by atoms with van der Waals surface area (Å²) in [5.41, 5.74) is 3.12. The molecule has 0 aliphatic heterocycles. The Morgan fingerprint density at radius 3 is 2.06 bits per heavy atom. The first kappa shape index (κ1) is 23.0. The Bertz CT molecular complexity index is 895. The van der Waals surface area contributed by atoms with Gasteiger partial charge in [-0.3, -0.25) is 0 Å². The summed E-state index contributed by atoms with van der Waals surface area (Å²) in [5.74, 6) is 0. The molecule has 1 unspecified atom stereocenters. The first-order valence-corrected chi connectivity index (χ1v) is 11.0. The second kappa shape index (κ2) is 11.6. The molecule has 0 aromatic heterocycles. The van der Waals surface area contributed by atoms with Gasteiger partial charge in [-0.15, -0.1) is 0 Å². The third-order valence-electron chi connectivity index (χ3n) is 5.39. The quantitative estimate of drug-likeness (QED) is 0.318. The number of benzene rings is 3. The maximum Gasteiger partial charge on any atom is 0.143 e. The average molecular weight is 417 g/mol. The second-order valence-electron chi connectivity index (χ2n) is 7.73. The van der Waals surface area contributed by atoms with E-state index in [0.717, 1.165) is 28.7 Å². The number of ether oxygens (including phenoxy) is 1. The molecule has 0 aliphatic rings. The van der Waals surface area contributed by atoms with E-state index in [0.29, 0.717) is 0 Å². The number of aliphatic hydroxyl groups is 2. The summed E-state index contributed by atoms with van der Waals surface area (Å²) < 4.78 is 6.50. The fourth-order valence-corrected chi connectivity index (χ4v) is 3.77. The van der Waals surface area contributed by atoms with E-state index in [4.69, 9.17) is 4.74 Å². The molecule has 0 spiro atoms. The van der Waals surface area contributed by atoms with Crippen molar-refractivity contribution in [3.05, 3.63) is 113 Å². The van der Waals surface area contributed by atoms with Gasteiger partial charge in [-0.1, -0.05) is 111 Å². The van der Waals surface area contributed by atoms with E-state index in [1.165, 1.54) is 12.8 Å². The predicted molar refractivity (Wildman–Crippen MR) is 127 cm³/mol. The van der Waals surface area contributed by atoms with Crippen molar-refractivity contribution in [2.45, 2.75) is 37.9 Å². The highest BCUT2D eigenvalue weighted by molar-refractivity contribution is 5.55. The van der Waals surface area contributed by atoms with E-state index >= 15 is 0 Å². The minimum Gasteiger partial charge on any atom is -0.394 e. The van der Waals surface area contributed by atoms with Crippen LogP contribution in [0, 0.1) is 0 Å². The SMILES string of the molecule is CCCCC=Cc1cccc(C(OCC(O)CO)(c2ccccc2)c2ccccc2)c1. The minimum absolute atomic E-state index is 0.0108. The summed E-state index contributed by atoms with van der Waals surface area (Å²) in [6, 6.07) is 28.5. The largest absolute Gasteiger partial charge is 0.394 e. The summed E-state index contributed by atoms with van der Waals surface area (Å²) in [6.45, 7) is 1.86. The fraction of sp³-hybridized carbons (Fsp3) is 0.286. The summed E-state index contributed by atoms with van der Waals surface area (Å²) in [6.07, 6.45) is 6.83. The zero-order valence-electron chi connectivity index (χ0n) is 18.2. The van der Waals surface area contributed by atoms with Crippen molar-refractivity contribution in [1.82, 2.24) is 0 Å². The molecule has 3 heteroatoms. The Morgan fingerprint density at radius 2 is 1.48 bits per heavy atom. The van der Waals surface area contributed by atoms with Gasteiger partial charge >= 0.3 is 0 Å². The molecule has 0 radical (unpaired) electrons. The molecular formula is C28H32O3. The molecule has 3 rings (SSSR count). The molecule has 0 aliphatic carbocycles. The third kappa shape index (κ3) is 5.71. The van der Waals surface area contributed by atoms with Crippen LogP contribution < -0.4 is 0 Å². The van der Waals surface area contributed by atoms with Gasteiger partial charge in [0, 0.05) is 0 Å². The molecule has 0 saturated carbocycles. The number of hydrogen-bond acceptors (Lipinski definition) is 3. The molecular weight excluding hydrogens is 384 g/mol. The zero-order chi connectivity index (χ0) is 21.9. The lowest BCUT2D eigenvalue weighted by atomic mass is 9.79. The molecule has 0 saturated heterocycles. The maximum absolute atomic E-state index is 10.1. The van der Waals surface area contributed by atoms with Crippen molar-refractivity contribution in [2.75, 3.05) is 13.2 Å².